The van der Waals surface area contributed by atoms with Crippen LogP contribution in [0.5, 0.6) is 5.75 Å². The number of halogens is 2. The van der Waals surface area contributed by atoms with Crippen LogP contribution in [-0.2, 0) is 4.79 Å². The van der Waals surface area contributed by atoms with E-state index in [1.807, 2.05) is 12.1 Å². The van der Waals surface area contributed by atoms with Crippen molar-refractivity contribution in [2.24, 2.45) is 0 Å². The Kier molecular flexibility index (Phi) is 5.32. The highest BCUT2D eigenvalue weighted by Gasteiger charge is 2.17. The second kappa shape index (κ2) is 7.22. The molecular weight excluding hydrogens is 300 g/mol. The molecule has 0 bridgehead atoms. The van der Waals surface area contributed by atoms with Gasteiger partial charge in [0.25, 0.3) is 5.91 Å². The fourth-order valence-electron chi connectivity index (χ4n) is 2.01. The van der Waals surface area contributed by atoms with Crippen LogP contribution in [0.15, 0.2) is 42.5 Å². The van der Waals surface area contributed by atoms with Gasteiger partial charge in [-0.3, -0.25) is 4.79 Å². The molecule has 1 amide bonds. The van der Waals surface area contributed by atoms with Crippen LogP contribution in [0.25, 0.3) is 0 Å². The SMILES string of the molecule is CC(Oc1ccc(C(C)C)cc1)C(=O)Nc1ccc(F)cc1F. The number of anilines is 1. The van der Waals surface area contributed by atoms with Crippen molar-refractivity contribution in [2.45, 2.75) is 32.8 Å². The van der Waals surface area contributed by atoms with Gasteiger partial charge in [-0.25, -0.2) is 8.78 Å². The Balaban J connectivity index is 1.99. The predicted molar refractivity (Wildman–Crippen MR) is 85.6 cm³/mol. The Hall–Kier alpha value is -2.43. The highest BCUT2D eigenvalue weighted by atomic mass is 19.1. The second-order valence-electron chi connectivity index (χ2n) is 5.60. The van der Waals surface area contributed by atoms with Crippen molar-refractivity contribution in [1.82, 2.24) is 0 Å². The van der Waals surface area contributed by atoms with Crippen molar-refractivity contribution in [1.29, 1.82) is 0 Å². The van der Waals surface area contributed by atoms with Crippen LogP contribution < -0.4 is 10.1 Å². The smallest absolute Gasteiger partial charge is 0.265 e. The van der Waals surface area contributed by atoms with Gasteiger partial charge in [-0.15, -0.1) is 0 Å². The molecule has 3 nitrogen and oxygen atoms in total. The number of amides is 1. The van der Waals surface area contributed by atoms with Crippen LogP contribution in [0.2, 0.25) is 0 Å². The maximum Gasteiger partial charge on any atom is 0.265 e. The lowest BCUT2D eigenvalue weighted by Gasteiger charge is -2.15. The lowest BCUT2D eigenvalue weighted by Crippen LogP contribution is -2.30. The summed E-state index contributed by atoms with van der Waals surface area (Å²) in [4.78, 5) is 12.0. The Morgan fingerprint density at radius 1 is 1.04 bits per heavy atom. The quantitative estimate of drug-likeness (QED) is 0.881. The van der Waals surface area contributed by atoms with Crippen molar-refractivity contribution in [3.63, 3.8) is 0 Å². The molecule has 0 saturated heterocycles. The van der Waals surface area contributed by atoms with E-state index in [0.717, 1.165) is 6.07 Å². The highest BCUT2D eigenvalue weighted by Crippen LogP contribution is 2.20. The van der Waals surface area contributed by atoms with Gasteiger partial charge in [0.05, 0.1) is 5.69 Å². The van der Waals surface area contributed by atoms with E-state index >= 15 is 0 Å². The average molecular weight is 319 g/mol. The van der Waals surface area contributed by atoms with Crippen molar-refractivity contribution < 1.29 is 18.3 Å². The number of ether oxygens (including phenoxy) is 1. The zero-order chi connectivity index (χ0) is 17.0. The Labute approximate surface area is 134 Å². The normalized spacial score (nSPS) is 12.1. The molecule has 1 unspecified atom stereocenters. The molecule has 0 fully saturated rings. The molecule has 2 aromatic carbocycles. The number of carbonyl (C=O) groups excluding carboxylic acids is 1. The summed E-state index contributed by atoms with van der Waals surface area (Å²) in [5.74, 6) is -1.08. The Morgan fingerprint density at radius 2 is 1.70 bits per heavy atom. The van der Waals surface area contributed by atoms with Crippen LogP contribution in [0.3, 0.4) is 0 Å². The summed E-state index contributed by atoms with van der Waals surface area (Å²) in [6.07, 6.45) is -0.815. The maximum atomic E-state index is 13.5. The van der Waals surface area contributed by atoms with Crippen LogP contribution in [0.4, 0.5) is 14.5 Å². The molecule has 0 aromatic heterocycles. The molecule has 23 heavy (non-hydrogen) atoms. The van der Waals surface area contributed by atoms with E-state index in [1.54, 1.807) is 19.1 Å². The number of hydrogen-bond donors (Lipinski definition) is 1. The Bertz CT molecular complexity index is 684. The molecule has 1 atom stereocenters. The zero-order valence-corrected chi connectivity index (χ0v) is 13.3. The van der Waals surface area contributed by atoms with Gasteiger partial charge in [0, 0.05) is 6.07 Å². The molecule has 5 heteroatoms. The van der Waals surface area contributed by atoms with Crippen LogP contribution >= 0.6 is 0 Å². The van der Waals surface area contributed by atoms with Crippen LogP contribution in [0.1, 0.15) is 32.3 Å². The molecule has 122 valence electrons. The lowest BCUT2D eigenvalue weighted by atomic mass is 10.0. The summed E-state index contributed by atoms with van der Waals surface area (Å²) >= 11 is 0. The number of nitrogens with one attached hydrogen (secondary N) is 1. The molecule has 0 aliphatic carbocycles. The Morgan fingerprint density at radius 3 is 2.26 bits per heavy atom. The van der Waals surface area contributed by atoms with Crippen molar-refractivity contribution >= 4 is 11.6 Å². The standard InChI is InChI=1S/C18H19F2NO2/c1-11(2)13-4-7-15(8-5-13)23-12(3)18(22)21-17-9-6-14(19)10-16(17)20/h4-12H,1-3H3,(H,21,22). The minimum atomic E-state index is -0.827. The van der Waals surface area contributed by atoms with E-state index in [-0.39, 0.29) is 5.69 Å². The predicted octanol–water partition coefficient (Wildman–Crippen LogP) is 4.49. The van der Waals surface area contributed by atoms with E-state index in [2.05, 4.69) is 19.2 Å². The number of benzene rings is 2. The summed E-state index contributed by atoms with van der Waals surface area (Å²) in [6.45, 7) is 5.74. The lowest BCUT2D eigenvalue weighted by molar-refractivity contribution is -0.122. The van der Waals surface area contributed by atoms with Gasteiger partial charge >= 0.3 is 0 Å². The topological polar surface area (TPSA) is 38.3 Å². The molecule has 2 rings (SSSR count). The molecule has 0 aliphatic rings. The third kappa shape index (κ3) is 4.52. The first-order valence-corrected chi connectivity index (χ1v) is 7.39. The van der Waals surface area contributed by atoms with Gasteiger partial charge < -0.3 is 10.1 Å². The number of carbonyl (C=O) groups is 1. The summed E-state index contributed by atoms with van der Waals surface area (Å²) in [5.41, 5.74) is 1.09. The molecule has 0 spiro atoms. The van der Waals surface area contributed by atoms with Gasteiger partial charge in [-0.1, -0.05) is 26.0 Å². The van der Waals surface area contributed by atoms with Gasteiger partial charge in [0.1, 0.15) is 17.4 Å². The summed E-state index contributed by atoms with van der Waals surface area (Å²) in [7, 11) is 0. The van der Waals surface area contributed by atoms with Gasteiger partial charge in [-0.05, 0) is 42.7 Å². The summed E-state index contributed by atoms with van der Waals surface area (Å²) < 4.78 is 31.9. The van der Waals surface area contributed by atoms with E-state index in [1.165, 1.54) is 11.6 Å². The van der Waals surface area contributed by atoms with Gasteiger partial charge in [-0.2, -0.15) is 0 Å². The van der Waals surface area contributed by atoms with Gasteiger partial charge in [0.15, 0.2) is 6.10 Å². The zero-order valence-electron chi connectivity index (χ0n) is 13.3. The molecule has 1 N–H and O–H groups in total. The highest BCUT2D eigenvalue weighted by molar-refractivity contribution is 5.94. The number of rotatable bonds is 5. The third-order valence-electron chi connectivity index (χ3n) is 3.42. The van der Waals surface area contributed by atoms with E-state index in [4.69, 9.17) is 4.74 Å². The van der Waals surface area contributed by atoms with Crippen molar-refractivity contribution in [3.8, 4) is 5.75 Å². The van der Waals surface area contributed by atoms with E-state index in [9.17, 15) is 13.6 Å². The molecule has 0 saturated carbocycles. The molecular formula is C18H19F2NO2. The fourth-order valence-corrected chi connectivity index (χ4v) is 2.01. The molecule has 0 heterocycles. The minimum absolute atomic E-state index is 0.0815. The second-order valence-corrected chi connectivity index (χ2v) is 5.60. The van der Waals surface area contributed by atoms with Crippen molar-refractivity contribution in [3.05, 3.63) is 59.7 Å². The minimum Gasteiger partial charge on any atom is -0.481 e. The van der Waals surface area contributed by atoms with E-state index in [0.29, 0.717) is 17.7 Å². The molecule has 0 radical (unpaired) electrons. The first kappa shape index (κ1) is 16.9. The average Bonchev–Trinajstić information content (AvgIpc) is 2.50. The van der Waals surface area contributed by atoms with Crippen LogP contribution in [0, 0.1) is 11.6 Å². The largest absolute Gasteiger partial charge is 0.481 e. The van der Waals surface area contributed by atoms with Crippen molar-refractivity contribution in [2.75, 3.05) is 5.32 Å². The number of hydrogen-bond acceptors (Lipinski definition) is 2. The molecule has 2 aromatic rings. The summed E-state index contributed by atoms with van der Waals surface area (Å²) in [5, 5.41) is 2.38. The first-order valence-electron chi connectivity index (χ1n) is 7.39. The maximum absolute atomic E-state index is 13.5. The monoisotopic (exact) mass is 319 g/mol. The third-order valence-corrected chi connectivity index (χ3v) is 3.42. The first-order chi connectivity index (χ1) is 10.9. The summed E-state index contributed by atoms with van der Waals surface area (Å²) in [6, 6.07) is 10.4. The molecule has 0 aliphatic heterocycles. The fraction of sp³-hybridized carbons (Fsp3) is 0.278. The van der Waals surface area contributed by atoms with Gasteiger partial charge in [0.2, 0.25) is 0 Å². The van der Waals surface area contributed by atoms with Crippen LogP contribution in [-0.4, -0.2) is 12.0 Å². The van der Waals surface area contributed by atoms with E-state index < -0.39 is 23.6 Å².